The van der Waals surface area contributed by atoms with Crippen LogP contribution in [0.5, 0.6) is 23.5 Å². The lowest BCUT2D eigenvalue weighted by Gasteiger charge is -2.05. The molecule has 12 aromatic rings. The van der Waals surface area contributed by atoms with E-state index in [0.717, 1.165) is 57.8 Å². The summed E-state index contributed by atoms with van der Waals surface area (Å²) in [6.45, 7) is 0.0318. The van der Waals surface area contributed by atoms with Gasteiger partial charge >= 0.3 is 22.8 Å². The molecule has 0 saturated carbocycles. The molecule has 0 saturated heterocycles. The predicted octanol–water partition coefficient (Wildman–Crippen LogP) is -2.44. The molecular weight excluding hydrogens is 1190 g/mol. The van der Waals surface area contributed by atoms with E-state index in [9.17, 15) is 23.6 Å². The molecule has 12 rings (SSSR count). The van der Waals surface area contributed by atoms with Crippen LogP contribution >= 0.6 is 27.5 Å². The van der Waals surface area contributed by atoms with Crippen molar-refractivity contribution in [3.63, 3.8) is 0 Å². The number of tetrazole rings is 4. The first-order valence-corrected chi connectivity index (χ1v) is 24.5. The minimum absolute atomic E-state index is 0.0159. The van der Waals surface area contributed by atoms with Gasteiger partial charge in [-0.05, 0) is 57.6 Å². The summed E-state index contributed by atoms with van der Waals surface area (Å²) < 4.78 is 79.5. The van der Waals surface area contributed by atoms with Gasteiger partial charge in [-0.15, -0.1) is 44.2 Å². The Morgan fingerprint density at radius 3 is 1.22 bits per heavy atom. The van der Waals surface area contributed by atoms with Crippen LogP contribution < -0.4 is 41.7 Å². The number of ether oxygens (including phenoxy) is 4. The molecule has 0 atom stereocenters. The fourth-order valence-electron chi connectivity index (χ4n) is 7.17. The molecule has 0 fully saturated rings. The Hall–Kier alpha value is -10.9. The van der Waals surface area contributed by atoms with Crippen LogP contribution in [-0.2, 0) is 82.8 Å². The van der Waals surface area contributed by atoms with Crippen molar-refractivity contribution in [1.29, 1.82) is 0 Å². The first-order chi connectivity index (χ1) is 41.5. The molecule has 83 heavy (non-hydrogen) atoms. The highest BCUT2D eigenvalue weighted by Crippen LogP contribution is 2.25. The number of H-pyrrole nitrogens is 4. The Balaban J connectivity index is 0.000000138. The quantitative estimate of drug-likeness (QED) is 0.0781. The molecule has 0 aliphatic rings. The molecule has 434 valence electrons. The summed E-state index contributed by atoms with van der Waals surface area (Å²) in [6.07, 6.45) is 7.26. The van der Waals surface area contributed by atoms with Gasteiger partial charge in [-0.2, -0.15) is 38.4 Å². The van der Waals surface area contributed by atoms with Gasteiger partial charge in [0.1, 0.15) is 31.0 Å². The zero-order valence-corrected chi connectivity index (χ0v) is 46.6. The third-order valence-corrected chi connectivity index (χ3v) is 12.0. The second kappa shape index (κ2) is 24.6. The van der Waals surface area contributed by atoms with Crippen molar-refractivity contribution in [2.45, 2.75) is 26.4 Å². The monoisotopic (exact) mass is 1240 g/mol. The molecular formula is C40H45BrClFN32O8. The number of rotatable bonds is 16. The predicted molar refractivity (Wildman–Crippen MR) is 278 cm³/mol. The fourth-order valence-corrected chi connectivity index (χ4v) is 7.95. The Morgan fingerprint density at radius 1 is 0.470 bits per heavy atom. The second-order valence-electron chi connectivity index (χ2n) is 16.6. The van der Waals surface area contributed by atoms with Crippen LogP contribution in [0.1, 0.15) is 22.3 Å². The Kier molecular flexibility index (Phi) is 15.3. The molecule has 12 aromatic heterocycles. The minimum atomic E-state index is -0.791. The largest absolute Gasteiger partial charge is 0.472 e. The number of aromatic nitrogens is 32. The maximum absolute atomic E-state index is 14.0. The van der Waals surface area contributed by atoms with Crippen molar-refractivity contribution in [1.82, 2.24) is 159 Å². The van der Waals surface area contributed by atoms with Gasteiger partial charge in [0.15, 0.2) is 34.1 Å². The second-order valence-corrected chi connectivity index (χ2v) is 17.7. The van der Waals surface area contributed by atoms with Gasteiger partial charge in [0, 0.05) is 105 Å². The molecule has 0 aliphatic heterocycles. The van der Waals surface area contributed by atoms with Gasteiger partial charge in [-0.3, -0.25) is 25.0 Å². The van der Waals surface area contributed by atoms with Crippen LogP contribution in [0.3, 0.4) is 0 Å². The first kappa shape index (κ1) is 51.5. The van der Waals surface area contributed by atoms with Crippen molar-refractivity contribution >= 4 is 27.5 Å². The zero-order valence-electron chi connectivity index (χ0n) is 48.2. The maximum Gasteiger partial charge on any atom is 0.369 e. The van der Waals surface area contributed by atoms with Crippen LogP contribution in [-0.4, -0.2) is 159 Å². The molecule has 0 spiro atoms. The molecule has 0 aromatic carbocycles. The zero-order chi connectivity index (χ0) is 62.5. The lowest BCUT2D eigenvalue weighted by Crippen LogP contribution is -2.24. The lowest BCUT2D eigenvalue weighted by molar-refractivity contribution is 0.286. The highest BCUT2D eigenvalue weighted by atomic mass is 79.9. The third-order valence-electron chi connectivity index (χ3n) is 11.1. The Bertz CT molecular complexity index is 4270. The smallest absolute Gasteiger partial charge is 0.369 e. The van der Waals surface area contributed by atoms with Gasteiger partial charge in [-0.1, -0.05) is 11.6 Å². The minimum Gasteiger partial charge on any atom is -0.472 e. The van der Waals surface area contributed by atoms with Crippen LogP contribution in [0.15, 0.2) is 79.0 Å². The summed E-state index contributed by atoms with van der Waals surface area (Å²) in [6, 6.07) is 6.11. The van der Waals surface area contributed by atoms with E-state index in [1.54, 1.807) is 39.5 Å². The standard InChI is InChI=1S/C10H11BrN8O2.C10H11ClN8O2.C10H11FN8O2.C10H12N8O2/c3*1-17-9(19-10(20)18(2)15-16-19)6(8(11)14-17)5-21-7-3-4-12-13-7;1-16-9(18-10(19)17(2)14-15-18)7(5-12-16)6-20-8-3-4-11-13-8/h3*3-4H,5H2,1-2H3,(H,12,13);3-5H,6H2,1-2H3,(H,11,13)/i/hT4. The van der Waals surface area contributed by atoms with Crippen molar-refractivity contribution in [3.05, 3.63) is 135 Å². The van der Waals surface area contributed by atoms with E-state index in [1.165, 1.54) is 90.9 Å². The van der Waals surface area contributed by atoms with Crippen molar-refractivity contribution in [2.75, 3.05) is 0 Å². The van der Waals surface area contributed by atoms with Gasteiger partial charge in [-0.25, -0.2) is 33.2 Å². The average molecular weight is 1240 g/mol. The van der Waals surface area contributed by atoms with Crippen LogP contribution in [0.2, 0.25) is 10.8 Å². The number of hydrogen-bond donors (Lipinski definition) is 4. The highest BCUT2D eigenvalue weighted by Gasteiger charge is 2.25. The van der Waals surface area contributed by atoms with Gasteiger partial charge < -0.3 is 18.9 Å². The SMILES string of the molecule is [3H]n1ccc(OCc2c(Br)nn(C)c2-n2nnn(C)c2=O)n1.[3H]n1ccc(OCc2c(Cl)nn(C)c2-n2nnn(C)c2=O)n1.[3H]n1ccc(OCc2c(F)nn(C)c2-n2nnn(C)c2=O)n1.[3H]n1ccc(OCc2cnn(C)c2-n2nnn(C)c2=O)n1. The third kappa shape index (κ3) is 12.3. The van der Waals surface area contributed by atoms with Crippen LogP contribution in [0.4, 0.5) is 4.39 Å². The lowest BCUT2D eigenvalue weighted by atomic mass is 10.3. The van der Waals surface area contributed by atoms with Gasteiger partial charge in [0.2, 0.25) is 29.5 Å². The number of nitrogens with one attached hydrogen (secondary N) is 4. The van der Waals surface area contributed by atoms with Crippen molar-refractivity contribution in [2.24, 2.45) is 56.4 Å². The summed E-state index contributed by atoms with van der Waals surface area (Å²) in [5, 5.41) is 64.3. The van der Waals surface area contributed by atoms with E-state index >= 15 is 0 Å². The molecule has 0 aliphatic carbocycles. The Morgan fingerprint density at radius 2 is 0.819 bits per heavy atom. The molecule has 12 heterocycles. The number of aromatic amines is 4. The normalized spacial score (nSPS) is 11.7. The van der Waals surface area contributed by atoms with Crippen molar-refractivity contribution < 1.29 is 29.0 Å². The number of halogens is 3. The number of nitrogens with zero attached hydrogens (tertiary/aromatic N) is 28. The molecule has 43 heteroatoms. The van der Waals surface area contributed by atoms with Crippen LogP contribution in [0.25, 0.3) is 23.3 Å². The summed E-state index contributed by atoms with van der Waals surface area (Å²) in [5.74, 6) is 1.60. The van der Waals surface area contributed by atoms with E-state index in [-0.39, 0.29) is 60.4 Å². The maximum atomic E-state index is 14.0. The van der Waals surface area contributed by atoms with E-state index in [1.807, 2.05) is 0 Å². The summed E-state index contributed by atoms with van der Waals surface area (Å²) >= 11 is 9.42. The van der Waals surface area contributed by atoms with E-state index < -0.39 is 23.0 Å². The molecule has 0 radical (unpaired) electrons. The molecule has 40 nitrogen and oxygen atoms in total. The van der Waals surface area contributed by atoms with E-state index in [0.29, 0.717) is 50.5 Å². The Labute approximate surface area is 479 Å². The average Bonchev–Trinajstić information content (AvgIpc) is 1.89. The van der Waals surface area contributed by atoms with Gasteiger partial charge in [0.05, 0.1) is 28.5 Å². The fraction of sp³-hybridized carbons (Fsp3) is 0.300. The molecule has 0 bridgehead atoms. The van der Waals surface area contributed by atoms with Crippen molar-refractivity contribution in [3.8, 4) is 46.8 Å². The molecule has 4 N–H and O–H groups in total. The van der Waals surface area contributed by atoms with Gasteiger partial charge in [0.25, 0.3) is 0 Å². The number of hydrogen-bond acceptors (Lipinski definition) is 24. The van der Waals surface area contributed by atoms with E-state index in [4.69, 9.17) is 36.2 Å². The molecule has 0 amide bonds. The first-order valence-electron chi connectivity index (χ1n) is 25.1. The summed E-state index contributed by atoms with van der Waals surface area (Å²) in [4.78, 5) is 47.9. The van der Waals surface area contributed by atoms with E-state index in [2.05, 4.69) is 98.4 Å². The summed E-state index contributed by atoms with van der Waals surface area (Å²) in [7, 11) is 12.4. The highest BCUT2D eigenvalue weighted by molar-refractivity contribution is 9.10. The number of aryl methyl sites for hydroxylation is 8. The van der Waals surface area contributed by atoms with Crippen LogP contribution in [0, 0.1) is 5.95 Å². The molecule has 0 unspecified atom stereocenters. The topological polar surface area (TPSA) is 434 Å². The summed E-state index contributed by atoms with van der Waals surface area (Å²) in [5.41, 5.74) is 0.0127.